The fourth-order valence-electron chi connectivity index (χ4n) is 1.64. The Labute approximate surface area is 115 Å². The summed E-state index contributed by atoms with van der Waals surface area (Å²) >= 11 is 11.6. The second kappa shape index (κ2) is 4.54. The molecule has 1 fully saturated rings. The molecule has 2 rings (SSSR count). The van der Waals surface area contributed by atoms with Crippen LogP contribution in [0.1, 0.15) is 12.8 Å². The number of aliphatic hydroxyl groups excluding tert-OH is 1. The van der Waals surface area contributed by atoms with Gasteiger partial charge in [-0.05, 0) is 25.0 Å². The number of hydrogen-bond donors (Lipinski definition) is 3. The lowest BCUT2D eigenvalue weighted by molar-refractivity contribution is 0.246. The largest absolute Gasteiger partial charge is 0.398 e. The van der Waals surface area contributed by atoms with E-state index in [9.17, 15) is 8.42 Å². The molecule has 1 saturated carbocycles. The molecule has 0 atom stereocenters. The van der Waals surface area contributed by atoms with Crippen LogP contribution < -0.4 is 10.5 Å². The zero-order valence-electron chi connectivity index (χ0n) is 9.28. The van der Waals surface area contributed by atoms with Gasteiger partial charge < -0.3 is 10.8 Å². The van der Waals surface area contributed by atoms with Crippen LogP contribution in [0.3, 0.4) is 0 Å². The molecule has 18 heavy (non-hydrogen) atoms. The molecule has 1 aliphatic rings. The van der Waals surface area contributed by atoms with E-state index in [0.717, 1.165) is 0 Å². The molecule has 0 bridgehead atoms. The molecule has 0 aromatic heterocycles. The van der Waals surface area contributed by atoms with E-state index in [2.05, 4.69) is 4.72 Å². The second-order valence-electron chi connectivity index (χ2n) is 4.35. The third-order valence-electron chi connectivity index (χ3n) is 2.81. The van der Waals surface area contributed by atoms with Crippen LogP contribution in [0.2, 0.25) is 10.0 Å². The number of aliphatic hydroxyl groups is 1. The number of hydrogen-bond acceptors (Lipinski definition) is 4. The Morgan fingerprint density at radius 3 is 2.44 bits per heavy atom. The van der Waals surface area contributed by atoms with E-state index >= 15 is 0 Å². The maximum Gasteiger partial charge on any atom is 0.244 e. The van der Waals surface area contributed by atoms with E-state index in [1.54, 1.807) is 0 Å². The Morgan fingerprint density at radius 2 is 2.00 bits per heavy atom. The minimum absolute atomic E-state index is 0.0197. The number of rotatable bonds is 4. The number of benzene rings is 1. The van der Waals surface area contributed by atoms with Gasteiger partial charge in [0.2, 0.25) is 10.0 Å². The monoisotopic (exact) mass is 310 g/mol. The number of nitrogens with two attached hydrogens (primary N) is 1. The number of nitrogen functional groups attached to an aromatic ring is 1. The molecule has 0 unspecified atom stereocenters. The Kier molecular flexibility index (Phi) is 3.50. The Bertz CT molecular complexity index is 562. The van der Waals surface area contributed by atoms with Gasteiger partial charge in [0.15, 0.2) is 0 Å². The molecular formula is C10H12Cl2N2O3S. The minimum Gasteiger partial charge on any atom is -0.398 e. The molecule has 4 N–H and O–H groups in total. The van der Waals surface area contributed by atoms with Gasteiger partial charge in [0, 0.05) is 5.02 Å². The van der Waals surface area contributed by atoms with Crippen LogP contribution in [0.15, 0.2) is 17.0 Å². The predicted molar refractivity (Wildman–Crippen MR) is 70.2 cm³/mol. The Balaban J connectivity index is 2.42. The molecule has 0 heterocycles. The number of nitrogens with one attached hydrogen (secondary N) is 1. The van der Waals surface area contributed by atoms with Crippen molar-refractivity contribution in [1.29, 1.82) is 0 Å². The van der Waals surface area contributed by atoms with Crippen molar-refractivity contribution in [3.63, 3.8) is 0 Å². The molecule has 0 saturated heterocycles. The van der Waals surface area contributed by atoms with Crippen molar-refractivity contribution in [3.8, 4) is 0 Å². The second-order valence-corrected chi connectivity index (χ2v) is 6.81. The van der Waals surface area contributed by atoms with E-state index in [-0.39, 0.29) is 27.2 Å². The van der Waals surface area contributed by atoms with E-state index in [0.29, 0.717) is 12.8 Å². The summed E-state index contributed by atoms with van der Waals surface area (Å²) in [6.45, 7) is -0.253. The maximum absolute atomic E-state index is 12.2. The first-order valence-electron chi connectivity index (χ1n) is 5.19. The van der Waals surface area contributed by atoms with Gasteiger partial charge in [-0.25, -0.2) is 13.1 Å². The van der Waals surface area contributed by atoms with Crippen LogP contribution in [0.5, 0.6) is 0 Å². The van der Waals surface area contributed by atoms with Gasteiger partial charge >= 0.3 is 0 Å². The highest BCUT2D eigenvalue weighted by molar-refractivity contribution is 7.89. The zero-order valence-corrected chi connectivity index (χ0v) is 11.6. The lowest BCUT2D eigenvalue weighted by Crippen LogP contribution is -2.39. The van der Waals surface area contributed by atoms with Crippen molar-refractivity contribution in [3.05, 3.63) is 22.2 Å². The summed E-state index contributed by atoms with van der Waals surface area (Å²) in [5.74, 6) is 0. The van der Waals surface area contributed by atoms with Gasteiger partial charge in [0.05, 0.1) is 22.9 Å². The highest BCUT2D eigenvalue weighted by Crippen LogP contribution is 2.38. The molecule has 0 amide bonds. The molecule has 1 aromatic carbocycles. The summed E-state index contributed by atoms with van der Waals surface area (Å²) in [6, 6.07) is 2.63. The fraction of sp³-hybridized carbons (Fsp3) is 0.400. The summed E-state index contributed by atoms with van der Waals surface area (Å²) < 4.78 is 26.8. The van der Waals surface area contributed by atoms with Crippen molar-refractivity contribution >= 4 is 38.9 Å². The number of anilines is 1. The van der Waals surface area contributed by atoms with Crippen LogP contribution in [0.4, 0.5) is 5.69 Å². The normalized spacial score (nSPS) is 17.7. The minimum atomic E-state index is -3.87. The average Bonchev–Trinajstić information content (AvgIpc) is 2.95. The summed E-state index contributed by atoms with van der Waals surface area (Å²) in [6.07, 6.45) is 1.18. The van der Waals surface area contributed by atoms with Gasteiger partial charge in [-0.15, -0.1) is 0 Å². The van der Waals surface area contributed by atoms with Crippen molar-refractivity contribution in [2.75, 3.05) is 12.3 Å². The van der Waals surface area contributed by atoms with E-state index in [4.69, 9.17) is 34.0 Å². The SMILES string of the molecule is Nc1cc(Cl)cc(Cl)c1S(=O)(=O)NC1(CO)CC1. The first-order chi connectivity index (χ1) is 8.30. The lowest BCUT2D eigenvalue weighted by Gasteiger charge is -2.16. The Hall–Kier alpha value is -0.530. The van der Waals surface area contributed by atoms with Crippen molar-refractivity contribution in [2.45, 2.75) is 23.3 Å². The Morgan fingerprint density at radius 1 is 1.39 bits per heavy atom. The lowest BCUT2D eigenvalue weighted by atomic mass is 10.3. The van der Waals surface area contributed by atoms with Crippen LogP contribution in [-0.2, 0) is 10.0 Å². The average molecular weight is 311 g/mol. The topological polar surface area (TPSA) is 92.4 Å². The standard InChI is InChI=1S/C10H12Cl2N2O3S/c11-6-3-7(12)9(8(13)4-6)18(16,17)14-10(5-15)1-2-10/h3-4,14-15H,1-2,5,13H2. The first-order valence-corrected chi connectivity index (χ1v) is 7.43. The molecule has 1 aliphatic carbocycles. The number of halogens is 2. The van der Waals surface area contributed by atoms with Gasteiger partial charge in [0.1, 0.15) is 4.90 Å². The maximum atomic E-state index is 12.2. The van der Waals surface area contributed by atoms with Gasteiger partial charge in [-0.3, -0.25) is 0 Å². The molecule has 0 radical (unpaired) electrons. The summed E-state index contributed by atoms with van der Waals surface area (Å²) in [7, 11) is -3.87. The van der Waals surface area contributed by atoms with Crippen molar-refractivity contribution in [2.24, 2.45) is 0 Å². The number of sulfonamides is 1. The molecule has 8 heteroatoms. The van der Waals surface area contributed by atoms with Crippen LogP contribution >= 0.6 is 23.2 Å². The third-order valence-corrected chi connectivity index (χ3v) is 5.14. The van der Waals surface area contributed by atoms with Gasteiger partial charge in [-0.2, -0.15) is 0 Å². The smallest absolute Gasteiger partial charge is 0.244 e. The molecule has 0 spiro atoms. The van der Waals surface area contributed by atoms with Crippen molar-refractivity contribution < 1.29 is 13.5 Å². The van der Waals surface area contributed by atoms with E-state index in [1.807, 2.05) is 0 Å². The van der Waals surface area contributed by atoms with Crippen LogP contribution in [-0.4, -0.2) is 25.7 Å². The van der Waals surface area contributed by atoms with Crippen LogP contribution in [0.25, 0.3) is 0 Å². The van der Waals surface area contributed by atoms with Gasteiger partial charge in [0.25, 0.3) is 0 Å². The highest BCUT2D eigenvalue weighted by Gasteiger charge is 2.46. The molecule has 0 aliphatic heterocycles. The third kappa shape index (κ3) is 2.57. The van der Waals surface area contributed by atoms with Crippen LogP contribution in [0, 0.1) is 0 Å². The summed E-state index contributed by atoms with van der Waals surface area (Å²) in [5.41, 5.74) is 4.85. The molecule has 1 aromatic rings. The van der Waals surface area contributed by atoms with Gasteiger partial charge in [-0.1, -0.05) is 23.2 Å². The molecular weight excluding hydrogens is 299 g/mol. The quantitative estimate of drug-likeness (QED) is 0.732. The predicted octanol–water partition coefficient (Wildman–Crippen LogP) is 1.38. The summed E-state index contributed by atoms with van der Waals surface area (Å²) in [5, 5.41) is 9.36. The van der Waals surface area contributed by atoms with E-state index < -0.39 is 15.6 Å². The highest BCUT2D eigenvalue weighted by atomic mass is 35.5. The fourth-order valence-corrected chi connectivity index (χ4v) is 4.08. The first kappa shape index (κ1) is 13.9. The van der Waals surface area contributed by atoms with Crippen molar-refractivity contribution in [1.82, 2.24) is 4.72 Å². The molecule has 100 valence electrons. The van der Waals surface area contributed by atoms with E-state index in [1.165, 1.54) is 12.1 Å². The zero-order chi connectivity index (χ0) is 13.6. The summed E-state index contributed by atoms with van der Waals surface area (Å²) in [4.78, 5) is -0.201. The molecule has 5 nitrogen and oxygen atoms in total.